The van der Waals surface area contributed by atoms with Crippen LogP contribution in [0.3, 0.4) is 0 Å². The van der Waals surface area contributed by atoms with Crippen LogP contribution in [-0.2, 0) is 23.4 Å². The van der Waals surface area contributed by atoms with Crippen LogP contribution < -0.4 is 4.90 Å². The lowest BCUT2D eigenvalue weighted by Crippen LogP contribution is -2.39. The molecule has 0 unspecified atom stereocenters. The molecular weight excluding hydrogens is 683 g/mol. The minimum Gasteiger partial charge on any atom is -0.462 e. The Morgan fingerprint density at radius 1 is 0.709 bits per heavy atom. The third-order valence-corrected chi connectivity index (χ3v) is 9.94. The largest absolute Gasteiger partial charge is 0.462 e. The van der Waals surface area contributed by atoms with Crippen LogP contribution in [0.1, 0.15) is 72.6 Å². The SMILES string of the molecule is CCCCn1cc(C(=O)OCC)c(N(CCC)Cc2ccc(-c3ccccc3-c3nnnn3C(c3ccccc3)(c3ccccc3)c3ccccc3)cc2)n1. The van der Waals surface area contributed by atoms with Crippen LogP contribution in [0.25, 0.3) is 22.5 Å². The first-order chi connectivity index (χ1) is 27.1. The van der Waals surface area contributed by atoms with Gasteiger partial charge in [-0.15, -0.1) is 5.10 Å². The van der Waals surface area contributed by atoms with E-state index < -0.39 is 5.54 Å². The number of aryl methyl sites for hydroxylation is 1. The Bertz CT molecular complexity index is 2190. The summed E-state index contributed by atoms with van der Waals surface area (Å²) in [5.41, 5.74) is 6.84. The summed E-state index contributed by atoms with van der Waals surface area (Å²) >= 11 is 0. The normalized spacial score (nSPS) is 11.4. The molecule has 0 aliphatic heterocycles. The summed E-state index contributed by atoms with van der Waals surface area (Å²) in [7, 11) is 0. The summed E-state index contributed by atoms with van der Waals surface area (Å²) in [6, 6.07) is 48.2. The summed E-state index contributed by atoms with van der Waals surface area (Å²) in [4.78, 5) is 15.2. The lowest BCUT2D eigenvalue weighted by molar-refractivity contribution is 0.0527. The molecule has 0 N–H and O–H groups in total. The number of rotatable bonds is 16. The number of hydrogen-bond donors (Lipinski definition) is 0. The van der Waals surface area contributed by atoms with Gasteiger partial charge in [-0.25, -0.2) is 9.48 Å². The van der Waals surface area contributed by atoms with Gasteiger partial charge in [0.25, 0.3) is 0 Å². The number of anilines is 1. The number of carbonyl (C=O) groups is 1. The molecule has 0 bridgehead atoms. The van der Waals surface area contributed by atoms with Crippen molar-refractivity contribution in [3.05, 3.63) is 174 Å². The van der Waals surface area contributed by atoms with Gasteiger partial charge in [-0.3, -0.25) is 4.68 Å². The van der Waals surface area contributed by atoms with E-state index in [1.165, 1.54) is 0 Å². The average molecular weight is 730 g/mol. The van der Waals surface area contributed by atoms with Crippen molar-refractivity contribution < 1.29 is 9.53 Å². The van der Waals surface area contributed by atoms with E-state index in [0.29, 0.717) is 30.4 Å². The fraction of sp³-hybridized carbons (Fsp3) is 0.239. The third kappa shape index (κ3) is 7.55. The van der Waals surface area contributed by atoms with E-state index in [0.717, 1.165) is 71.3 Å². The van der Waals surface area contributed by atoms with Crippen LogP contribution in [0.15, 0.2) is 146 Å². The van der Waals surface area contributed by atoms with Crippen LogP contribution >= 0.6 is 0 Å². The monoisotopic (exact) mass is 729 g/mol. The molecule has 0 fully saturated rings. The fourth-order valence-corrected chi connectivity index (χ4v) is 7.39. The van der Waals surface area contributed by atoms with E-state index in [1.807, 2.05) is 46.7 Å². The van der Waals surface area contributed by atoms with E-state index in [-0.39, 0.29) is 5.97 Å². The molecule has 2 heterocycles. The smallest absolute Gasteiger partial charge is 0.343 e. The lowest BCUT2D eigenvalue weighted by Gasteiger charge is -2.36. The Hall–Kier alpha value is -6.35. The van der Waals surface area contributed by atoms with Crippen LogP contribution in [0.2, 0.25) is 0 Å². The second-order valence-electron chi connectivity index (χ2n) is 13.6. The van der Waals surface area contributed by atoms with Gasteiger partial charge < -0.3 is 9.64 Å². The average Bonchev–Trinajstić information content (AvgIpc) is 3.91. The molecular formula is C46H47N7O2. The molecule has 2 aromatic heterocycles. The van der Waals surface area contributed by atoms with Crippen molar-refractivity contribution >= 4 is 11.8 Å². The molecule has 0 aliphatic carbocycles. The molecule has 9 heteroatoms. The van der Waals surface area contributed by atoms with E-state index in [4.69, 9.17) is 20.1 Å². The highest BCUT2D eigenvalue weighted by molar-refractivity contribution is 5.94. The summed E-state index contributed by atoms with van der Waals surface area (Å²) in [5, 5.41) is 18.7. The number of esters is 1. The van der Waals surface area contributed by atoms with Gasteiger partial charge in [0.2, 0.25) is 0 Å². The number of ether oxygens (including phenoxy) is 1. The third-order valence-electron chi connectivity index (χ3n) is 9.94. The Morgan fingerprint density at radius 2 is 1.29 bits per heavy atom. The number of hydrogen-bond acceptors (Lipinski definition) is 7. The molecule has 55 heavy (non-hydrogen) atoms. The van der Waals surface area contributed by atoms with Gasteiger partial charge in [-0.2, -0.15) is 5.10 Å². The number of unbranched alkanes of at least 4 members (excludes halogenated alkanes) is 1. The molecule has 0 aliphatic rings. The van der Waals surface area contributed by atoms with Crippen LogP contribution in [0.4, 0.5) is 5.82 Å². The molecule has 0 amide bonds. The van der Waals surface area contributed by atoms with Gasteiger partial charge in [-0.1, -0.05) is 160 Å². The maximum atomic E-state index is 13.1. The van der Waals surface area contributed by atoms with Crippen LogP contribution in [0, 0.1) is 0 Å². The number of benzene rings is 5. The Morgan fingerprint density at radius 3 is 1.85 bits per heavy atom. The first-order valence-electron chi connectivity index (χ1n) is 19.2. The zero-order valence-corrected chi connectivity index (χ0v) is 31.8. The number of tetrazole rings is 1. The first-order valence-corrected chi connectivity index (χ1v) is 19.2. The predicted octanol–water partition coefficient (Wildman–Crippen LogP) is 9.44. The summed E-state index contributed by atoms with van der Waals surface area (Å²) in [6.07, 6.45) is 4.77. The minimum absolute atomic E-state index is 0.313. The lowest BCUT2D eigenvalue weighted by atomic mass is 9.77. The highest BCUT2D eigenvalue weighted by atomic mass is 16.5. The topological polar surface area (TPSA) is 91.0 Å². The van der Waals surface area contributed by atoms with E-state index in [1.54, 1.807) is 0 Å². The Kier molecular flexibility index (Phi) is 11.6. The van der Waals surface area contributed by atoms with Gasteiger partial charge in [0.1, 0.15) is 11.1 Å². The summed E-state index contributed by atoms with van der Waals surface area (Å²) in [6.45, 7) is 8.53. The number of aromatic nitrogens is 6. The number of carbonyl (C=O) groups excluding carboxylic acids is 1. The van der Waals surface area contributed by atoms with Gasteiger partial charge in [0.05, 0.1) is 6.61 Å². The van der Waals surface area contributed by atoms with Crippen molar-refractivity contribution in [1.82, 2.24) is 30.0 Å². The van der Waals surface area contributed by atoms with Gasteiger partial charge in [0, 0.05) is 31.4 Å². The van der Waals surface area contributed by atoms with Crippen molar-refractivity contribution in [1.29, 1.82) is 0 Å². The fourth-order valence-electron chi connectivity index (χ4n) is 7.39. The first kappa shape index (κ1) is 37.0. The summed E-state index contributed by atoms with van der Waals surface area (Å²) in [5.74, 6) is 0.971. The molecule has 7 aromatic rings. The van der Waals surface area contributed by atoms with Gasteiger partial charge in [0.15, 0.2) is 11.6 Å². The molecule has 0 atom stereocenters. The minimum atomic E-state index is -0.867. The molecule has 9 nitrogen and oxygen atoms in total. The van der Waals surface area contributed by atoms with E-state index >= 15 is 0 Å². The maximum absolute atomic E-state index is 13.1. The standard InChI is InChI=1S/C46H47N7O2/c1-4-7-32-52-34-42(45(54)55-6-3)44(48-52)51(31-5-2)33-35-27-29-36(30-28-35)40-25-17-18-26-41(40)43-47-49-50-53(43)46(37-19-11-8-12-20-37,38-21-13-9-14-22-38)39-23-15-10-16-24-39/h8-30,34H,4-7,31-33H2,1-3H3. The zero-order valence-electron chi connectivity index (χ0n) is 31.8. The van der Waals surface area contributed by atoms with Crippen molar-refractivity contribution in [3.63, 3.8) is 0 Å². The molecule has 0 saturated carbocycles. The predicted molar refractivity (Wildman–Crippen MR) is 218 cm³/mol. The van der Waals surface area contributed by atoms with Crippen molar-refractivity contribution in [2.24, 2.45) is 0 Å². The van der Waals surface area contributed by atoms with Crippen molar-refractivity contribution in [2.45, 2.75) is 58.7 Å². The Balaban J connectivity index is 1.28. The summed E-state index contributed by atoms with van der Waals surface area (Å²) < 4.78 is 9.30. The highest BCUT2D eigenvalue weighted by Gasteiger charge is 2.42. The molecule has 5 aromatic carbocycles. The maximum Gasteiger partial charge on any atom is 0.343 e. The Labute approximate surface area is 323 Å². The zero-order chi connectivity index (χ0) is 38.0. The molecule has 7 rings (SSSR count). The second-order valence-corrected chi connectivity index (χ2v) is 13.6. The molecule has 0 spiro atoms. The molecule has 278 valence electrons. The van der Waals surface area contributed by atoms with Crippen LogP contribution in [0.5, 0.6) is 0 Å². The highest BCUT2D eigenvalue weighted by Crippen LogP contribution is 2.43. The van der Waals surface area contributed by atoms with Crippen molar-refractivity contribution in [3.8, 4) is 22.5 Å². The second kappa shape index (κ2) is 17.2. The van der Waals surface area contributed by atoms with E-state index in [9.17, 15) is 4.79 Å². The van der Waals surface area contributed by atoms with Crippen LogP contribution in [-0.4, -0.2) is 49.1 Å². The van der Waals surface area contributed by atoms with E-state index in [2.05, 4.69) is 139 Å². The quantitative estimate of drug-likeness (QED) is 0.0723. The molecule has 0 radical (unpaired) electrons. The van der Waals surface area contributed by atoms with Gasteiger partial charge in [-0.05, 0) is 63.6 Å². The molecule has 0 saturated heterocycles. The number of nitrogens with zero attached hydrogens (tertiary/aromatic N) is 7. The van der Waals surface area contributed by atoms with Gasteiger partial charge >= 0.3 is 5.97 Å². The van der Waals surface area contributed by atoms with Crippen molar-refractivity contribution in [2.75, 3.05) is 18.1 Å².